The lowest BCUT2D eigenvalue weighted by atomic mass is 10.1. The van der Waals surface area contributed by atoms with E-state index in [1.165, 1.54) is 23.5 Å². The largest absolute Gasteiger partial charge is 0.494 e. The molecule has 0 unspecified atom stereocenters. The van der Waals surface area contributed by atoms with E-state index in [1.54, 1.807) is 55.1 Å². The van der Waals surface area contributed by atoms with Crippen molar-refractivity contribution in [3.8, 4) is 5.75 Å². The van der Waals surface area contributed by atoms with Crippen LogP contribution in [-0.2, 0) is 16.6 Å². The molecule has 0 saturated heterocycles. The van der Waals surface area contributed by atoms with Crippen LogP contribution in [0, 0.1) is 5.82 Å². The summed E-state index contributed by atoms with van der Waals surface area (Å²) in [7, 11) is -2.31. The van der Waals surface area contributed by atoms with Crippen LogP contribution in [0.5, 0.6) is 5.75 Å². The van der Waals surface area contributed by atoms with Crippen LogP contribution in [0.4, 0.5) is 10.1 Å². The van der Waals surface area contributed by atoms with Gasteiger partial charge in [0, 0.05) is 29.4 Å². The zero-order chi connectivity index (χ0) is 22.3. The zero-order valence-corrected chi connectivity index (χ0v) is 18.4. The average Bonchev–Trinajstić information content (AvgIpc) is 3.02. The summed E-state index contributed by atoms with van der Waals surface area (Å²) in [6, 6.07) is 12.9. The molecule has 1 aliphatic rings. The number of hydrogen-bond acceptors (Lipinski definition) is 4. The highest BCUT2D eigenvalue weighted by Gasteiger charge is 2.33. The fraction of sp³-hybridized carbons (Fsp3) is 0.261. The number of ether oxygens (including phenoxy) is 1. The van der Waals surface area contributed by atoms with Crippen molar-refractivity contribution in [1.82, 2.24) is 4.31 Å². The van der Waals surface area contributed by atoms with Crippen molar-refractivity contribution in [3.63, 3.8) is 0 Å². The molecule has 0 spiro atoms. The highest BCUT2D eigenvalue weighted by Crippen LogP contribution is 2.41. The standard InChI is InChI=1S/C23H23FN2O4S/c1-4-25(5-2)31(28,29)21-12-10-19-22-16(21)7-6-8-17(22)23(27)26(19)14-15-9-11-20(30-3)18(24)13-15/h6-13H,4-5,14H2,1-3H3. The number of rotatable bonds is 7. The number of halogens is 1. The number of hydrogen-bond donors (Lipinski definition) is 0. The fourth-order valence-corrected chi connectivity index (χ4v) is 5.74. The van der Waals surface area contributed by atoms with Gasteiger partial charge in [0.15, 0.2) is 11.6 Å². The maximum atomic E-state index is 14.1. The van der Waals surface area contributed by atoms with E-state index in [0.29, 0.717) is 40.7 Å². The van der Waals surface area contributed by atoms with Crippen LogP contribution in [0.3, 0.4) is 0 Å². The van der Waals surface area contributed by atoms with E-state index in [1.807, 2.05) is 0 Å². The lowest BCUT2D eigenvalue weighted by Crippen LogP contribution is -2.30. The summed E-state index contributed by atoms with van der Waals surface area (Å²) in [5.74, 6) is -0.614. The summed E-state index contributed by atoms with van der Waals surface area (Å²) < 4.78 is 46.8. The zero-order valence-electron chi connectivity index (χ0n) is 17.6. The Labute approximate surface area is 180 Å². The third-order valence-electron chi connectivity index (χ3n) is 5.63. The van der Waals surface area contributed by atoms with Crippen LogP contribution in [-0.4, -0.2) is 38.8 Å². The minimum absolute atomic E-state index is 0.133. The molecule has 6 nitrogen and oxygen atoms in total. The molecule has 1 aliphatic heterocycles. The Morgan fingerprint density at radius 3 is 2.45 bits per heavy atom. The Morgan fingerprint density at radius 1 is 1.06 bits per heavy atom. The molecule has 0 aromatic heterocycles. The molecule has 162 valence electrons. The Bertz CT molecular complexity index is 1290. The minimum atomic E-state index is -3.70. The third-order valence-corrected chi connectivity index (χ3v) is 7.73. The molecule has 0 atom stereocenters. The third kappa shape index (κ3) is 3.36. The molecule has 0 N–H and O–H groups in total. The first-order valence-electron chi connectivity index (χ1n) is 10.0. The Morgan fingerprint density at radius 2 is 1.81 bits per heavy atom. The van der Waals surface area contributed by atoms with Crippen molar-refractivity contribution >= 4 is 32.4 Å². The Kier molecular flexibility index (Phi) is 5.45. The minimum Gasteiger partial charge on any atom is -0.494 e. The van der Waals surface area contributed by atoms with E-state index >= 15 is 0 Å². The quantitative estimate of drug-likeness (QED) is 0.551. The van der Waals surface area contributed by atoms with E-state index in [2.05, 4.69) is 0 Å². The molecule has 3 aromatic carbocycles. The molecule has 31 heavy (non-hydrogen) atoms. The predicted molar refractivity (Wildman–Crippen MR) is 118 cm³/mol. The van der Waals surface area contributed by atoms with E-state index in [0.717, 1.165) is 0 Å². The SMILES string of the molecule is CCN(CC)S(=O)(=O)c1ccc2c3c(cccc13)C(=O)N2Cc1ccc(OC)c(F)c1. The molecule has 0 fully saturated rings. The number of carbonyl (C=O) groups is 1. The van der Waals surface area contributed by atoms with Gasteiger partial charge in [-0.1, -0.05) is 32.0 Å². The van der Waals surface area contributed by atoms with Crippen molar-refractivity contribution in [2.45, 2.75) is 25.3 Å². The van der Waals surface area contributed by atoms with Crippen molar-refractivity contribution in [3.05, 3.63) is 65.5 Å². The Hall–Kier alpha value is -2.97. The van der Waals surface area contributed by atoms with Crippen molar-refractivity contribution < 1.29 is 22.3 Å². The molecule has 0 saturated carbocycles. The van der Waals surface area contributed by atoms with E-state index in [9.17, 15) is 17.6 Å². The van der Waals surface area contributed by atoms with Gasteiger partial charge in [0.05, 0.1) is 24.2 Å². The van der Waals surface area contributed by atoms with Crippen molar-refractivity contribution in [2.24, 2.45) is 0 Å². The Balaban J connectivity index is 1.82. The normalized spacial score (nSPS) is 13.5. The number of anilines is 1. The molecule has 0 radical (unpaired) electrons. The van der Waals surface area contributed by atoms with Gasteiger partial charge >= 0.3 is 0 Å². The van der Waals surface area contributed by atoms with Gasteiger partial charge in [-0.15, -0.1) is 0 Å². The van der Waals surface area contributed by atoms with Gasteiger partial charge in [-0.2, -0.15) is 4.31 Å². The first kappa shape index (κ1) is 21.3. The molecule has 0 aliphatic carbocycles. The maximum Gasteiger partial charge on any atom is 0.259 e. The smallest absolute Gasteiger partial charge is 0.259 e. The fourth-order valence-electron chi connectivity index (χ4n) is 4.09. The van der Waals surface area contributed by atoms with Crippen LogP contribution < -0.4 is 9.64 Å². The highest BCUT2D eigenvalue weighted by atomic mass is 32.2. The first-order chi connectivity index (χ1) is 14.8. The van der Waals surface area contributed by atoms with Gasteiger partial charge in [-0.3, -0.25) is 4.79 Å². The van der Waals surface area contributed by atoms with Gasteiger partial charge in [-0.25, -0.2) is 12.8 Å². The number of carbonyl (C=O) groups excluding carboxylic acids is 1. The summed E-state index contributed by atoms with van der Waals surface area (Å²) in [6.07, 6.45) is 0. The van der Waals surface area contributed by atoms with Crippen molar-refractivity contribution in [1.29, 1.82) is 0 Å². The van der Waals surface area contributed by atoms with Crippen LogP contribution >= 0.6 is 0 Å². The molecule has 3 aromatic rings. The lowest BCUT2D eigenvalue weighted by molar-refractivity contribution is 0.0991. The van der Waals surface area contributed by atoms with E-state index in [-0.39, 0.29) is 23.1 Å². The number of sulfonamides is 1. The monoisotopic (exact) mass is 442 g/mol. The summed E-state index contributed by atoms with van der Waals surface area (Å²) in [4.78, 5) is 14.9. The topological polar surface area (TPSA) is 66.9 Å². The first-order valence-corrected chi connectivity index (χ1v) is 11.5. The second-order valence-corrected chi connectivity index (χ2v) is 9.17. The number of methoxy groups -OCH3 is 1. The molecule has 0 bridgehead atoms. The number of amides is 1. The predicted octanol–water partition coefficient (Wildman–Crippen LogP) is 4.18. The van der Waals surface area contributed by atoms with Gasteiger partial charge in [-0.05, 0) is 35.9 Å². The molecular weight excluding hydrogens is 419 g/mol. The second-order valence-electron chi connectivity index (χ2n) is 7.26. The molecular formula is C23H23FN2O4S. The van der Waals surface area contributed by atoms with Crippen LogP contribution in [0.25, 0.3) is 10.8 Å². The van der Waals surface area contributed by atoms with E-state index in [4.69, 9.17) is 4.74 Å². The molecule has 1 amide bonds. The summed E-state index contributed by atoms with van der Waals surface area (Å²) >= 11 is 0. The van der Waals surface area contributed by atoms with Gasteiger partial charge in [0.2, 0.25) is 10.0 Å². The van der Waals surface area contributed by atoms with Crippen LogP contribution in [0.1, 0.15) is 29.8 Å². The van der Waals surface area contributed by atoms with E-state index < -0.39 is 15.8 Å². The molecule has 4 rings (SSSR count). The lowest BCUT2D eigenvalue weighted by Gasteiger charge is -2.21. The van der Waals surface area contributed by atoms with Gasteiger partial charge < -0.3 is 9.64 Å². The van der Waals surface area contributed by atoms with Crippen LogP contribution in [0.2, 0.25) is 0 Å². The molecule has 1 heterocycles. The number of benzene rings is 3. The van der Waals surface area contributed by atoms with Gasteiger partial charge in [0.1, 0.15) is 0 Å². The number of nitrogens with zero attached hydrogens (tertiary/aromatic N) is 2. The highest BCUT2D eigenvalue weighted by molar-refractivity contribution is 7.89. The molecule has 8 heteroatoms. The summed E-state index contributed by atoms with van der Waals surface area (Å²) in [6.45, 7) is 4.46. The summed E-state index contributed by atoms with van der Waals surface area (Å²) in [5.41, 5.74) is 1.66. The van der Waals surface area contributed by atoms with Gasteiger partial charge in [0.25, 0.3) is 5.91 Å². The second kappa shape index (κ2) is 7.94. The van der Waals surface area contributed by atoms with Crippen molar-refractivity contribution in [2.75, 3.05) is 25.1 Å². The summed E-state index contributed by atoms with van der Waals surface area (Å²) in [5, 5.41) is 1.12. The average molecular weight is 443 g/mol. The van der Waals surface area contributed by atoms with Crippen LogP contribution in [0.15, 0.2) is 53.4 Å². The maximum absolute atomic E-state index is 14.1.